The summed E-state index contributed by atoms with van der Waals surface area (Å²) < 4.78 is 25.1. The van der Waals surface area contributed by atoms with E-state index in [0.29, 0.717) is 16.4 Å². The molecule has 0 spiro atoms. The molecule has 1 aliphatic carbocycles. The van der Waals surface area contributed by atoms with Gasteiger partial charge in [-0.3, -0.25) is 4.79 Å². The maximum atomic E-state index is 11.4. The topological polar surface area (TPSA) is 89.3 Å². The molecule has 0 heterocycles. The molecular weight excluding hydrogens is 331 g/mol. The molecule has 3 N–H and O–H groups in total. The van der Waals surface area contributed by atoms with E-state index in [9.17, 15) is 13.2 Å². The van der Waals surface area contributed by atoms with E-state index in [4.69, 9.17) is 5.73 Å². The fourth-order valence-electron chi connectivity index (χ4n) is 0.864. The summed E-state index contributed by atoms with van der Waals surface area (Å²) in [5, 5.41) is -0.435. The van der Waals surface area contributed by atoms with Crippen LogP contribution < -0.4 is 10.5 Å². The van der Waals surface area contributed by atoms with Gasteiger partial charge in [-0.25, -0.2) is 13.1 Å². The van der Waals surface area contributed by atoms with Gasteiger partial charge in [-0.1, -0.05) is 12.7 Å². The van der Waals surface area contributed by atoms with Gasteiger partial charge in [-0.15, -0.1) is 0 Å². The second-order valence-electron chi connectivity index (χ2n) is 3.14. The van der Waals surface area contributed by atoms with Gasteiger partial charge in [0, 0.05) is 3.58 Å². The van der Waals surface area contributed by atoms with Crippen molar-refractivity contribution in [2.45, 2.75) is 18.1 Å². The van der Waals surface area contributed by atoms with Crippen LogP contribution >= 0.6 is 22.6 Å². The largest absolute Gasteiger partial charge is 0.393 e. The lowest BCUT2D eigenvalue weighted by Gasteiger charge is -2.06. The standard InChI is InChI=1S/C8H11IN2O3S/c1-2-6(9)7(10)8(12)11-15(13,14)5-3-4-5/h2,5H,1,3-4,10H2,(H,11,12)/b7-6-. The number of sulfonamides is 1. The molecule has 1 rings (SSSR count). The van der Waals surface area contributed by atoms with Crippen LogP contribution in [0.15, 0.2) is 21.9 Å². The molecule has 0 aromatic heterocycles. The Morgan fingerprint density at radius 2 is 2.07 bits per heavy atom. The number of hydrogen-bond acceptors (Lipinski definition) is 4. The molecule has 5 nitrogen and oxygen atoms in total. The summed E-state index contributed by atoms with van der Waals surface area (Å²) in [7, 11) is -3.52. The quantitative estimate of drug-likeness (QED) is 0.439. The molecule has 1 saturated carbocycles. The van der Waals surface area contributed by atoms with Crippen molar-refractivity contribution >= 4 is 38.5 Å². The Labute approximate surface area is 102 Å². The van der Waals surface area contributed by atoms with Gasteiger partial charge in [-0.2, -0.15) is 0 Å². The van der Waals surface area contributed by atoms with E-state index in [1.165, 1.54) is 6.08 Å². The lowest BCUT2D eigenvalue weighted by molar-refractivity contribution is -0.115. The van der Waals surface area contributed by atoms with Crippen LogP contribution in [0.2, 0.25) is 0 Å². The monoisotopic (exact) mass is 342 g/mol. The Morgan fingerprint density at radius 1 is 1.53 bits per heavy atom. The minimum absolute atomic E-state index is 0.130. The van der Waals surface area contributed by atoms with Crippen molar-refractivity contribution in [3.63, 3.8) is 0 Å². The van der Waals surface area contributed by atoms with Crippen LogP contribution in [-0.4, -0.2) is 19.6 Å². The minimum Gasteiger partial charge on any atom is -0.393 e. The average molecular weight is 342 g/mol. The summed E-state index contributed by atoms with van der Waals surface area (Å²) >= 11 is 1.81. The Morgan fingerprint density at radius 3 is 2.47 bits per heavy atom. The van der Waals surface area contributed by atoms with Crippen LogP contribution in [0, 0.1) is 0 Å². The summed E-state index contributed by atoms with van der Waals surface area (Å²) in [6, 6.07) is 0. The third kappa shape index (κ3) is 3.20. The second kappa shape index (κ2) is 4.52. The van der Waals surface area contributed by atoms with Crippen molar-refractivity contribution in [1.82, 2.24) is 4.72 Å². The lowest BCUT2D eigenvalue weighted by Crippen LogP contribution is -2.36. The first-order valence-electron chi connectivity index (χ1n) is 4.22. The lowest BCUT2D eigenvalue weighted by atomic mass is 10.4. The Hall–Kier alpha value is -0.570. The highest BCUT2D eigenvalue weighted by molar-refractivity contribution is 14.1. The van der Waals surface area contributed by atoms with Crippen LogP contribution in [0.3, 0.4) is 0 Å². The summed E-state index contributed by atoms with van der Waals surface area (Å²) in [5.74, 6) is -0.786. The Bertz CT molecular complexity index is 423. The van der Waals surface area contributed by atoms with E-state index in [2.05, 4.69) is 6.58 Å². The van der Waals surface area contributed by atoms with Gasteiger partial charge in [0.25, 0.3) is 5.91 Å². The zero-order valence-electron chi connectivity index (χ0n) is 7.86. The molecule has 0 unspecified atom stereocenters. The number of nitrogens with one attached hydrogen (secondary N) is 1. The maximum absolute atomic E-state index is 11.4. The molecule has 0 saturated heterocycles. The molecule has 1 aliphatic rings. The normalized spacial score (nSPS) is 17.9. The Balaban J connectivity index is 2.75. The molecular formula is C8H11IN2O3S. The number of allylic oxidation sites excluding steroid dienone is 2. The third-order valence-corrected chi connectivity index (χ3v) is 4.72. The van der Waals surface area contributed by atoms with Crippen LogP contribution in [0.25, 0.3) is 0 Å². The van der Waals surface area contributed by atoms with Gasteiger partial charge < -0.3 is 5.73 Å². The highest BCUT2D eigenvalue weighted by Gasteiger charge is 2.37. The number of carbonyl (C=O) groups is 1. The number of nitrogens with two attached hydrogens (primary N) is 1. The van der Waals surface area contributed by atoms with Gasteiger partial charge in [0.1, 0.15) is 5.70 Å². The van der Waals surface area contributed by atoms with Gasteiger partial charge in [-0.05, 0) is 35.4 Å². The molecule has 1 fully saturated rings. The SMILES string of the molecule is C=C/C(I)=C(/N)C(=O)NS(=O)(=O)C1CC1. The molecule has 0 aromatic rings. The highest BCUT2D eigenvalue weighted by atomic mass is 127. The fraction of sp³-hybridized carbons (Fsp3) is 0.375. The number of carbonyl (C=O) groups excluding carboxylic acids is 1. The second-order valence-corrected chi connectivity index (χ2v) is 6.26. The average Bonchev–Trinajstić information content (AvgIpc) is 2.97. The van der Waals surface area contributed by atoms with Crippen LogP contribution in [0.5, 0.6) is 0 Å². The molecule has 7 heteroatoms. The van der Waals surface area contributed by atoms with E-state index in [-0.39, 0.29) is 5.70 Å². The van der Waals surface area contributed by atoms with E-state index in [0.717, 1.165) is 0 Å². The van der Waals surface area contributed by atoms with Crippen molar-refractivity contribution in [3.05, 3.63) is 21.9 Å². The first-order valence-corrected chi connectivity index (χ1v) is 6.84. The molecule has 0 aromatic carbocycles. The number of halogens is 1. The van der Waals surface area contributed by atoms with Gasteiger partial charge in [0.05, 0.1) is 5.25 Å². The number of amides is 1. The van der Waals surface area contributed by atoms with Gasteiger partial charge >= 0.3 is 0 Å². The van der Waals surface area contributed by atoms with Gasteiger partial charge in [0.15, 0.2) is 0 Å². The van der Waals surface area contributed by atoms with E-state index in [1.54, 1.807) is 0 Å². The van der Waals surface area contributed by atoms with Crippen molar-refractivity contribution in [1.29, 1.82) is 0 Å². The summed E-state index contributed by atoms with van der Waals surface area (Å²) in [5.41, 5.74) is 5.29. The summed E-state index contributed by atoms with van der Waals surface area (Å²) in [6.45, 7) is 3.43. The molecule has 0 bridgehead atoms. The van der Waals surface area contributed by atoms with E-state index < -0.39 is 21.2 Å². The first kappa shape index (κ1) is 12.5. The number of rotatable bonds is 4. The molecule has 0 radical (unpaired) electrons. The molecule has 84 valence electrons. The number of hydrogen-bond donors (Lipinski definition) is 2. The van der Waals surface area contributed by atoms with Crippen LogP contribution in [-0.2, 0) is 14.8 Å². The fourth-order valence-corrected chi connectivity index (χ4v) is 2.40. The van der Waals surface area contributed by atoms with Crippen molar-refractivity contribution in [3.8, 4) is 0 Å². The molecule has 0 aliphatic heterocycles. The zero-order valence-corrected chi connectivity index (χ0v) is 10.8. The summed E-state index contributed by atoms with van der Waals surface area (Å²) in [4.78, 5) is 11.4. The zero-order chi connectivity index (χ0) is 11.6. The van der Waals surface area contributed by atoms with Crippen LogP contribution in [0.1, 0.15) is 12.8 Å². The highest BCUT2D eigenvalue weighted by Crippen LogP contribution is 2.27. The minimum atomic E-state index is -3.52. The van der Waals surface area contributed by atoms with Crippen molar-refractivity contribution < 1.29 is 13.2 Å². The van der Waals surface area contributed by atoms with E-state index in [1.807, 2.05) is 27.3 Å². The smallest absolute Gasteiger partial charge is 0.281 e. The third-order valence-electron chi connectivity index (χ3n) is 1.88. The molecule has 0 atom stereocenters. The van der Waals surface area contributed by atoms with Crippen LogP contribution in [0.4, 0.5) is 0 Å². The van der Waals surface area contributed by atoms with Gasteiger partial charge in [0.2, 0.25) is 10.0 Å². The maximum Gasteiger partial charge on any atom is 0.281 e. The predicted molar refractivity (Wildman–Crippen MR) is 65.5 cm³/mol. The Kier molecular flexibility index (Phi) is 3.77. The van der Waals surface area contributed by atoms with E-state index >= 15 is 0 Å². The molecule has 1 amide bonds. The van der Waals surface area contributed by atoms with Crippen molar-refractivity contribution in [2.24, 2.45) is 5.73 Å². The predicted octanol–water partition coefficient (Wildman–Crippen LogP) is 0.386. The summed E-state index contributed by atoms with van der Waals surface area (Å²) in [6.07, 6.45) is 2.59. The molecule has 15 heavy (non-hydrogen) atoms. The first-order chi connectivity index (χ1) is 6.88. The van der Waals surface area contributed by atoms with Crippen molar-refractivity contribution in [2.75, 3.05) is 0 Å².